The Morgan fingerprint density at radius 3 is 2.65 bits per heavy atom. The summed E-state index contributed by atoms with van der Waals surface area (Å²) in [5.74, 6) is 1.87. The van der Waals surface area contributed by atoms with Gasteiger partial charge in [0.25, 0.3) is 0 Å². The molecule has 0 saturated carbocycles. The lowest BCUT2D eigenvalue weighted by Crippen LogP contribution is -2.29. The number of nitrogens with zero attached hydrogens (tertiary/aromatic N) is 2. The minimum atomic E-state index is -0.311. The number of aromatic nitrogens is 1. The zero-order chi connectivity index (χ0) is 23.7. The minimum absolute atomic E-state index is 0.192. The van der Waals surface area contributed by atoms with Gasteiger partial charge in [0, 0.05) is 22.8 Å². The van der Waals surface area contributed by atoms with E-state index in [9.17, 15) is 4.39 Å². The van der Waals surface area contributed by atoms with E-state index in [1.165, 1.54) is 12.1 Å². The van der Waals surface area contributed by atoms with Crippen molar-refractivity contribution >= 4 is 33.3 Å². The molecule has 2 aromatic heterocycles. The number of furan rings is 1. The SMILES string of the molecule is COc1ccc(CN2C(=S)NC(c3ccccn3)C2c2ccc(-c3ccc(F)cc3Br)o2)cc1. The van der Waals surface area contributed by atoms with Gasteiger partial charge in [-0.1, -0.05) is 18.2 Å². The second-order valence-corrected chi connectivity index (χ2v) is 9.17. The normalized spacial score (nSPS) is 17.6. The molecule has 1 N–H and O–H groups in total. The maximum atomic E-state index is 13.6. The van der Waals surface area contributed by atoms with E-state index in [1.807, 2.05) is 54.6 Å². The van der Waals surface area contributed by atoms with Crippen LogP contribution in [0.5, 0.6) is 5.75 Å². The summed E-state index contributed by atoms with van der Waals surface area (Å²) in [6.07, 6.45) is 1.77. The second-order valence-electron chi connectivity index (χ2n) is 7.93. The Bertz CT molecular complexity index is 1310. The highest BCUT2D eigenvalue weighted by Gasteiger charge is 2.41. The molecule has 1 saturated heterocycles. The summed E-state index contributed by atoms with van der Waals surface area (Å²) < 4.78 is 25.8. The third-order valence-corrected chi connectivity index (χ3v) is 6.83. The molecule has 3 heterocycles. The van der Waals surface area contributed by atoms with Crippen LogP contribution in [0.1, 0.15) is 29.1 Å². The summed E-state index contributed by atoms with van der Waals surface area (Å²) in [6.45, 7) is 0.583. The number of ether oxygens (including phenoxy) is 1. The first kappa shape index (κ1) is 22.6. The lowest BCUT2D eigenvalue weighted by atomic mass is 10.0. The van der Waals surface area contributed by atoms with Crippen LogP contribution in [0, 0.1) is 5.82 Å². The van der Waals surface area contributed by atoms with Gasteiger partial charge in [-0.25, -0.2) is 4.39 Å². The van der Waals surface area contributed by atoms with Crippen molar-refractivity contribution in [2.75, 3.05) is 7.11 Å². The molecule has 172 valence electrons. The largest absolute Gasteiger partial charge is 0.497 e. The number of rotatable bonds is 6. The molecule has 0 radical (unpaired) electrons. The van der Waals surface area contributed by atoms with Crippen molar-refractivity contribution in [3.63, 3.8) is 0 Å². The number of halogens is 2. The van der Waals surface area contributed by atoms with Crippen molar-refractivity contribution in [2.45, 2.75) is 18.6 Å². The number of pyridine rings is 1. The van der Waals surface area contributed by atoms with E-state index in [0.717, 1.165) is 28.3 Å². The van der Waals surface area contributed by atoms with Gasteiger partial charge in [0.1, 0.15) is 29.1 Å². The summed E-state index contributed by atoms with van der Waals surface area (Å²) in [7, 11) is 1.65. The smallest absolute Gasteiger partial charge is 0.170 e. The molecule has 1 fully saturated rings. The van der Waals surface area contributed by atoms with E-state index < -0.39 is 0 Å². The number of thiocarbonyl (C=S) groups is 1. The van der Waals surface area contributed by atoms with Crippen LogP contribution in [0.3, 0.4) is 0 Å². The molecule has 5 rings (SSSR count). The molecule has 0 aliphatic carbocycles. The summed E-state index contributed by atoms with van der Waals surface area (Å²) in [5.41, 5.74) is 2.73. The lowest BCUT2D eigenvalue weighted by Gasteiger charge is -2.26. The molecule has 2 atom stereocenters. The van der Waals surface area contributed by atoms with Crippen molar-refractivity contribution in [1.82, 2.24) is 15.2 Å². The van der Waals surface area contributed by atoms with E-state index in [2.05, 4.69) is 31.1 Å². The van der Waals surface area contributed by atoms with Gasteiger partial charge in [0.05, 0.1) is 18.8 Å². The number of methoxy groups -OCH3 is 1. The van der Waals surface area contributed by atoms with Gasteiger partial charge in [-0.15, -0.1) is 0 Å². The van der Waals surface area contributed by atoms with Crippen LogP contribution in [0.25, 0.3) is 11.3 Å². The number of hydrogen-bond acceptors (Lipinski definition) is 4. The molecule has 0 amide bonds. The molecule has 2 aromatic carbocycles. The molecular weight excluding hydrogens is 517 g/mol. The average molecular weight is 538 g/mol. The molecule has 5 nitrogen and oxygen atoms in total. The Balaban J connectivity index is 1.52. The third-order valence-electron chi connectivity index (χ3n) is 5.82. The van der Waals surface area contributed by atoms with Crippen LogP contribution >= 0.6 is 28.1 Å². The number of nitrogens with one attached hydrogen (secondary N) is 1. The van der Waals surface area contributed by atoms with Gasteiger partial charge in [0.2, 0.25) is 0 Å². The van der Waals surface area contributed by atoms with Crippen molar-refractivity contribution < 1.29 is 13.5 Å². The predicted molar refractivity (Wildman–Crippen MR) is 136 cm³/mol. The third kappa shape index (κ3) is 4.43. The van der Waals surface area contributed by atoms with Crippen molar-refractivity contribution in [3.8, 4) is 17.1 Å². The summed E-state index contributed by atoms with van der Waals surface area (Å²) in [6, 6.07) is 21.7. The second kappa shape index (κ2) is 9.56. The van der Waals surface area contributed by atoms with Gasteiger partial charge in [-0.05, 0) is 88.3 Å². The molecule has 4 aromatic rings. The Morgan fingerprint density at radius 2 is 1.94 bits per heavy atom. The quantitative estimate of drug-likeness (QED) is 0.286. The Labute approximate surface area is 210 Å². The first-order valence-corrected chi connectivity index (χ1v) is 11.9. The van der Waals surface area contributed by atoms with Gasteiger partial charge < -0.3 is 19.4 Å². The average Bonchev–Trinajstić information content (AvgIpc) is 3.45. The highest BCUT2D eigenvalue weighted by Crippen LogP contribution is 2.42. The van der Waals surface area contributed by atoms with Gasteiger partial charge >= 0.3 is 0 Å². The van der Waals surface area contributed by atoms with E-state index in [4.69, 9.17) is 21.4 Å². The van der Waals surface area contributed by atoms with Crippen molar-refractivity contribution in [2.24, 2.45) is 0 Å². The van der Waals surface area contributed by atoms with Crippen LogP contribution in [0.2, 0.25) is 0 Å². The van der Waals surface area contributed by atoms with E-state index in [-0.39, 0.29) is 17.9 Å². The van der Waals surface area contributed by atoms with Gasteiger partial charge in [-0.2, -0.15) is 0 Å². The maximum Gasteiger partial charge on any atom is 0.170 e. The molecule has 1 aliphatic heterocycles. The lowest BCUT2D eigenvalue weighted by molar-refractivity contribution is 0.269. The fourth-order valence-electron chi connectivity index (χ4n) is 4.16. The monoisotopic (exact) mass is 537 g/mol. The fraction of sp³-hybridized carbons (Fsp3) is 0.154. The highest BCUT2D eigenvalue weighted by atomic mass is 79.9. The van der Waals surface area contributed by atoms with Crippen molar-refractivity contribution in [1.29, 1.82) is 0 Å². The Hall–Kier alpha value is -3.23. The maximum absolute atomic E-state index is 13.6. The number of hydrogen-bond donors (Lipinski definition) is 1. The van der Waals surface area contributed by atoms with E-state index >= 15 is 0 Å². The zero-order valence-corrected chi connectivity index (χ0v) is 20.6. The molecular formula is C26H21BrFN3O2S. The first-order chi connectivity index (χ1) is 16.5. The fourth-order valence-corrected chi connectivity index (χ4v) is 5.01. The molecule has 0 spiro atoms. The van der Waals surface area contributed by atoms with Crippen LogP contribution in [0.4, 0.5) is 4.39 Å². The van der Waals surface area contributed by atoms with Crippen LogP contribution in [-0.4, -0.2) is 22.1 Å². The van der Waals surface area contributed by atoms with Gasteiger partial charge in [-0.3, -0.25) is 4.98 Å². The summed E-state index contributed by atoms with van der Waals surface area (Å²) in [5, 5.41) is 4.05. The van der Waals surface area contributed by atoms with Crippen molar-refractivity contribution in [3.05, 3.63) is 106 Å². The minimum Gasteiger partial charge on any atom is -0.497 e. The Kier molecular flexibility index (Phi) is 6.34. The first-order valence-electron chi connectivity index (χ1n) is 10.7. The van der Waals surface area contributed by atoms with Crippen LogP contribution < -0.4 is 10.1 Å². The molecule has 8 heteroatoms. The van der Waals surface area contributed by atoms with E-state index in [1.54, 1.807) is 19.4 Å². The standard InChI is InChI=1S/C26H21BrFN3O2S/c1-32-18-8-5-16(6-9-18)15-31-25(24(30-26(31)34)21-4-2-3-13-29-21)23-12-11-22(33-23)19-10-7-17(28)14-20(19)27/h2-14,24-25H,15H2,1H3,(H,30,34). The zero-order valence-electron chi connectivity index (χ0n) is 18.2. The molecule has 1 aliphatic rings. The number of benzene rings is 2. The Morgan fingerprint density at radius 1 is 1.12 bits per heavy atom. The van der Waals surface area contributed by atoms with E-state index in [0.29, 0.717) is 21.9 Å². The molecule has 34 heavy (non-hydrogen) atoms. The topological polar surface area (TPSA) is 50.5 Å². The van der Waals surface area contributed by atoms with Crippen LogP contribution in [-0.2, 0) is 6.54 Å². The van der Waals surface area contributed by atoms with Crippen LogP contribution in [0.15, 0.2) is 87.9 Å². The van der Waals surface area contributed by atoms with Gasteiger partial charge in [0.15, 0.2) is 5.11 Å². The summed E-state index contributed by atoms with van der Waals surface area (Å²) >= 11 is 9.19. The summed E-state index contributed by atoms with van der Waals surface area (Å²) in [4.78, 5) is 6.68. The molecule has 2 unspecified atom stereocenters. The predicted octanol–water partition coefficient (Wildman–Crippen LogP) is 6.42. The highest BCUT2D eigenvalue weighted by molar-refractivity contribution is 9.10. The molecule has 0 bridgehead atoms.